The van der Waals surface area contributed by atoms with Gasteiger partial charge >= 0.3 is 0 Å². The summed E-state index contributed by atoms with van der Waals surface area (Å²) in [5, 5.41) is 10.6. The zero-order chi connectivity index (χ0) is 13.7. The second kappa shape index (κ2) is 7.13. The highest BCUT2D eigenvalue weighted by molar-refractivity contribution is 6.32. The second-order valence-corrected chi connectivity index (χ2v) is 5.64. The molecule has 1 N–H and O–H groups in total. The van der Waals surface area contributed by atoms with Gasteiger partial charge in [-0.15, -0.1) is 0 Å². The number of likely N-dealkylation sites (tertiary alicyclic amines) is 1. The average Bonchev–Trinajstić information content (AvgIpc) is 2.40. The van der Waals surface area contributed by atoms with Gasteiger partial charge in [-0.2, -0.15) is 0 Å². The van der Waals surface area contributed by atoms with Crippen LogP contribution >= 0.6 is 11.6 Å². The predicted molar refractivity (Wildman–Crippen MR) is 77.8 cm³/mol. The first kappa shape index (κ1) is 14.6. The maximum Gasteiger partial charge on any atom is 0.138 e. The summed E-state index contributed by atoms with van der Waals surface area (Å²) >= 11 is 6.01. The van der Waals surface area contributed by atoms with Crippen LogP contribution < -0.4 is 4.74 Å². The van der Waals surface area contributed by atoms with E-state index in [2.05, 4.69) is 11.8 Å². The lowest BCUT2D eigenvalue weighted by atomic mass is 10.0. The molecule has 1 fully saturated rings. The molecule has 106 valence electrons. The quantitative estimate of drug-likeness (QED) is 0.902. The Hall–Kier alpha value is -0.770. The minimum atomic E-state index is -0.475. The van der Waals surface area contributed by atoms with Crippen molar-refractivity contribution in [1.29, 1.82) is 0 Å². The first-order valence-corrected chi connectivity index (χ1v) is 7.34. The summed E-state index contributed by atoms with van der Waals surface area (Å²) in [5.41, 5.74) is 0. The predicted octanol–water partition coefficient (Wildman–Crippen LogP) is 2.95. The lowest BCUT2D eigenvalue weighted by Gasteiger charge is -2.34. The van der Waals surface area contributed by atoms with Gasteiger partial charge in [-0.1, -0.05) is 30.2 Å². The molecule has 0 unspecified atom stereocenters. The van der Waals surface area contributed by atoms with Gasteiger partial charge in [0.1, 0.15) is 18.5 Å². The third-order valence-electron chi connectivity index (χ3n) is 3.65. The lowest BCUT2D eigenvalue weighted by molar-refractivity contribution is 0.0438. The molecule has 2 atom stereocenters. The Balaban J connectivity index is 1.78. The van der Waals surface area contributed by atoms with E-state index in [0.29, 0.717) is 23.4 Å². The highest BCUT2D eigenvalue weighted by Gasteiger charge is 2.21. The number of β-amino-alcohol motifs (C(OH)–C–C–N with tert-alkyl or cyclic N) is 1. The van der Waals surface area contributed by atoms with Crippen molar-refractivity contribution < 1.29 is 9.84 Å². The van der Waals surface area contributed by atoms with Gasteiger partial charge in [0.2, 0.25) is 0 Å². The molecule has 0 aromatic heterocycles. The fourth-order valence-electron chi connectivity index (χ4n) is 2.50. The maximum absolute atomic E-state index is 10.1. The normalized spacial score (nSPS) is 22.2. The van der Waals surface area contributed by atoms with Gasteiger partial charge in [0, 0.05) is 12.6 Å². The third kappa shape index (κ3) is 4.37. The van der Waals surface area contributed by atoms with Gasteiger partial charge in [0.05, 0.1) is 5.02 Å². The Morgan fingerprint density at radius 1 is 1.42 bits per heavy atom. The van der Waals surface area contributed by atoms with Crippen LogP contribution in [0.5, 0.6) is 5.75 Å². The zero-order valence-corrected chi connectivity index (χ0v) is 12.1. The SMILES string of the molecule is C[C@H]1CCCCN1C[C@H](O)COc1ccccc1Cl. The molecule has 1 aliphatic rings. The summed E-state index contributed by atoms with van der Waals surface area (Å²) in [6.07, 6.45) is 3.27. The van der Waals surface area contributed by atoms with Crippen LogP contribution in [0.3, 0.4) is 0 Å². The molecule has 1 aromatic carbocycles. The van der Waals surface area contributed by atoms with Gasteiger partial charge in [-0.3, -0.25) is 4.90 Å². The summed E-state index contributed by atoms with van der Waals surface area (Å²) in [6, 6.07) is 7.90. The summed E-state index contributed by atoms with van der Waals surface area (Å²) < 4.78 is 5.57. The van der Waals surface area contributed by atoms with Crippen molar-refractivity contribution in [2.45, 2.75) is 38.3 Å². The van der Waals surface area contributed by atoms with Crippen LogP contribution in [0, 0.1) is 0 Å². The molecular weight excluding hydrogens is 262 g/mol. The molecule has 1 saturated heterocycles. The van der Waals surface area contributed by atoms with E-state index in [1.165, 1.54) is 19.3 Å². The molecular formula is C15H22ClNO2. The number of aliphatic hydroxyl groups excluding tert-OH is 1. The molecule has 4 heteroatoms. The number of aliphatic hydroxyl groups is 1. The number of halogens is 1. The van der Waals surface area contributed by atoms with Crippen LogP contribution in [-0.2, 0) is 0 Å². The number of hydrogen-bond acceptors (Lipinski definition) is 3. The molecule has 0 aliphatic carbocycles. The van der Waals surface area contributed by atoms with E-state index < -0.39 is 6.10 Å². The van der Waals surface area contributed by atoms with E-state index in [-0.39, 0.29) is 6.61 Å². The molecule has 1 aliphatic heterocycles. The molecule has 0 saturated carbocycles. The Morgan fingerprint density at radius 2 is 2.21 bits per heavy atom. The zero-order valence-electron chi connectivity index (χ0n) is 11.4. The minimum absolute atomic E-state index is 0.285. The molecule has 0 radical (unpaired) electrons. The number of rotatable bonds is 5. The molecule has 2 rings (SSSR count). The fourth-order valence-corrected chi connectivity index (χ4v) is 2.69. The van der Waals surface area contributed by atoms with Crippen molar-refractivity contribution in [2.75, 3.05) is 19.7 Å². The first-order valence-electron chi connectivity index (χ1n) is 6.96. The highest BCUT2D eigenvalue weighted by atomic mass is 35.5. The number of benzene rings is 1. The summed E-state index contributed by atoms with van der Waals surface area (Å²) in [4.78, 5) is 2.34. The Kier molecular flexibility index (Phi) is 5.49. The monoisotopic (exact) mass is 283 g/mol. The summed E-state index contributed by atoms with van der Waals surface area (Å²) in [6.45, 7) is 4.25. The Bertz CT molecular complexity index is 399. The van der Waals surface area contributed by atoms with Crippen LogP contribution in [-0.4, -0.2) is 41.8 Å². The van der Waals surface area contributed by atoms with E-state index in [0.717, 1.165) is 6.54 Å². The van der Waals surface area contributed by atoms with Crippen LogP contribution in [0.15, 0.2) is 24.3 Å². The van der Waals surface area contributed by atoms with E-state index >= 15 is 0 Å². The largest absolute Gasteiger partial charge is 0.489 e. The number of nitrogens with zero attached hydrogens (tertiary/aromatic N) is 1. The van der Waals surface area contributed by atoms with Crippen LogP contribution in [0.4, 0.5) is 0 Å². The number of piperidine rings is 1. The standard InChI is InChI=1S/C15H22ClNO2/c1-12-6-4-5-9-17(12)10-13(18)11-19-15-8-3-2-7-14(15)16/h2-3,7-8,12-13,18H,4-6,9-11H2,1H3/t12-,13-/m0/s1. The Labute approximate surface area is 120 Å². The van der Waals surface area contributed by atoms with Gasteiger partial charge in [0.25, 0.3) is 0 Å². The third-order valence-corrected chi connectivity index (χ3v) is 3.97. The van der Waals surface area contributed by atoms with Crippen molar-refractivity contribution >= 4 is 11.6 Å². The van der Waals surface area contributed by atoms with Crippen LogP contribution in [0.25, 0.3) is 0 Å². The van der Waals surface area contributed by atoms with E-state index in [4.69, 9.17) is 16.3 Å². The molecule has 0 bridgehead atoms. The van der Waals surface area contributed by atoms with Gasteiger partial charge in [0.15, 0.2) is 0 Å². The summed E-state index contributed by atoms with van der Waals surface area (Å²) in [7, 11) is 0. The van der Waals surface area contributed by atoms with Crippen molar-refractivity contribution in [2.24, 2.45) is 0 Å². The van der Waals surface area contributed by atoms with Crippen molar-refractivity contribution in [3.63, 3.8) is 0 Å². The summed E-state index contributed by atoms with van der Waals surface area (Å²) in [5.74, 6) is 0.634. The average molecular weight is 284 g/mol. The molecule has 0 amide bonds. The van der Waals surface area contributed by atoms with Gasteiger partial charge in [-0.05, 0) is 38.4 Å². The number of hydrogen-bond donors (Lipinski definition) is 1. The smallest absolute Gasteiger partial charge is 0.138 e. The molecule has 1 aromatic rings. The van der Waals surface area contributed by atoms with Crippen molar-refractivity contribution in [1.82, 2.24) is 4.90 Å². The molecule has 19 heavy (non-hydrogen) atoms. The molecule has 0 spiro atoms. The fraction of sp³-hybridized carbons (Fsp3) is 0.600. The van der Waals surface area contributed by atoms with Gasteiger partial charge < -0.3 is 9.84 Å². The number of para-hydroxylation sites is 1. The van der Waals surface area contributed by atoms with Gasteiger partial charge in [-0.25, -0.2) is 0 Å². The van der Waals surface area contributed by atoms with Crippen LogP contribution in [0.1, 0.15) is 26.2 Å². The molecule has 1 heterocycles. The highest BCUT2D eigenvalue weighted by Crippen LogP contribution is 2.23. The van der Waals surface area contributed by atoms with Crippen molar-refractivity contribution in [3.05, 3.63) is 29.3 Å². The van der Waals surface area contributed by atoms with E-state index in [1.807, 2.05) is 18.2 Å². The second-order valence-electron chi connectivity index (χ2n) is 5.23. The van der Waals surface area contributed by atoms with Crippen LogP contribution in [0.2, 0.25) is 5.02 Å². The lowest BCUT2D eigenvalue weighted by Crippen LogP contribution is -2.43. The minimum Gasteiger partial charge on any atom is -0.489 e. The Morgan fingerprint density at radius 3 is 2.95 bits per heavy atom. The first-order chi connectivity index (χ1) is 9.16. The van der Waals surface area contributed by atoms with E-state index in [9.17, 15) is 5.11 Å². The number of ether oxygens (including phenoxy) is 1. The topological polar surface area (TPSA) is 32.7 Å². The maximum atomic E-state index is 10.1. The van der Waals surface area contributed by atoms with E-state index in [1.54, 1.807) is 6.07 Å². The van der Waals surface area contributed by atoms with Crippen molar-refractivity contribution in [3.8, 4) is 5.75 Å². The molecule has 3 nitrogen and oxygen atoms in total.